The monoisotopic (exact) mass is 292 g/mol. The molecule has 0 unspecified atom stereocenters. The maximum atomic E-state index is 10.7. The van der Waals surface area contributed by atoms with Gasteiger partial charge >= 0.3 is 5.51 Å². The Bertz CT molecular complexity index is 330. The molecule has 0 aromatic rings. The van der Waals surface area contributed by atoms with Gasteiger partial charge < -0.3 is 4.55 Å². The number of hydrogen-bond acceptors (Lipinski definition) is 3. The molecule has 1 rings (SSSR count). The van der Waals surface area contributed by atoms with Crippen LogP contribution in [-0.4, -0.2) is 35.7 Å². The van der Waals surface area contributed by atoms with Crippen LogP contribution in [0.5, 0.6) is 0 Å². The maximum absolute atomic E-state index is 10.7. The molecule has 1 fully saturated rings. The maximum Gasteiger partial charge on any atom is 0.485 e. The highest BCUT2D eigenvalue weighted by molar-refractivity contribution is 7.97. The van der Waals surface area contributed by atoms with Crippen LogP contribution in [0.1, 0.15) is 19.8 Å². The molecule has 0 spiro atoms. The van der Waals surface area contributed by atoms with Crippen molar-refractivity contribution in [3.05, 3.63) is 12.2 Å². The van der Waals surface area contributed by atoms with Gasteiger partial charge in [0.25, 0.3) is 0 Å². The standard InChI is InChI=1S/C8H15S.CHF3O3S/c1-2-3-6-9-7-4-5-8-9;2-1(3,4)8(5,6)7/h2-3H,4-8H2,1H3;(H,5,6,7)/q+1;/p-1. The molecule has 102 valence electrons. The molecule has 1 heterocycles. The first-order valence-electron chi connectivity index (χ1n) is 4.96. The van der Waals surface area contributed by atoms with Crippen LogP contribution < -0.4 is 0 Å². The quantitative estimate of drug-likeness (QED) is 0.339. The van der Waals surface area contributed by atoms with Crippen molar-refractivity contribution >= 4 is 21.0 Å². The number of allylic oxidation sites excluding steroid dienone is 1. The van der Waals surface area contributed by atoms with Gasteiger partial charge in [-0.2, -0.15) is 13.2 Å². The first-order chi connectivity index (χ1) is 7.68. The van der Waals surface area contributed by atoms with Gasteiger partial charge in [-0.25, -0.2) is 8.42 Å². The van der Waals surface area contributed by atoms with Crippen molar-refractivity contribution < 1.29 is 26.1 Å². The molecule has 0 radical (unpaired) electrons. The normalized spacial score (nSPS) is 18.2. The van der Waals surface area contributed by atoms with Crippen molar-refractivity contribution in [2.45, 2.75) is 25.3 Å². The van der Waals surface area contributed by atoms with Gasteiger partial charge in [-0.3, -0.25) is 0 Å². The summed E-state index contributed by atoms with van der Waals surface area (Å²) < 4.78 is 58.9. The molecule has 17 heavy (non-hydrogen) atoms. The van der Waals surface area contributed by atoms with Crippen molar-refractivity contribution in [2.75, 3.05) is 17.3 Å². The third-order valence-electron chi connectivity index (χ3n) is 1.97. The van der Waals surface area contributed by atoms with Crippen LogP contribution in [0.2, 0.25) is 0 Å². The number of hydrogen-bond donors (Lipinski definition) is 0. The average Bonchev–Trinajstić information content (AvgIpc) is 2.64. The van der Waals surface area contributed by atoms with Gasteiger partial charge in [0.05, 0.1) is 0 Å². The van der Waals surface area contributed by atoms with Crippen molar-refractivity contribution in [1.82, 2.24) is 0 Å². The van der Waals surface area contributed by atoms with Crippen molar-refractivity contribution in [3.63, 3.8) is 0 Å². The molecule has 0 aromatic heterocycles. The molecule has 1 saturated heterocycles. The lowest BCUT2D eigenvalue weighted by Crippen LogP contribution is -2.21. The minimum Gasteiger partial charge on any atom is -0.741 e. The Morgan fingerprint density at radius 1 is 1.29 bits per heavy atom. The highest BCUT2D eigenvalue weighted by Gasteiger charge is 2.36. The molecule has 0 bridgehead atoms. The lowest BCUT2D eigenvalue weighted by atomic mass is 10.4. The molecule has 1 aliphatic heterocycles. The molecule has 0 amide bonds. The van der Waals surface area contributed by atoms with E-state index >= 15 is 0 Å². The van der Waals surface area contributed by atoms with E-state index in [0.29, 0.717) is 0 Å². The van der Waals surface area contributed by atoms with E-state index in [0.717, 1.165) is 10.9 Å². The lowest BCUT2D eigenvalue weighted by Gasteiger charge is -2.08. The summed E-state index contributed by atoms with van der Waals surface area (Å²) in [6, 6.07) is 0. The molecule has 3 nitrogen and oxygen atoms in total. The molecule has 0 N–H and O–H groups in total. The predicted molar refractivity (Wildman–Crippen MR) is 61.8 cm³/mol. The summed E-state index contributed by atoms with van der Waals surface area (Å²) >= 11 is 0. The Balaban J connectivity index is 0.000000304. The van der Waals surface area contributed by atoms with Crippen LogP contribution in [0.4, 0.5) is 13.2 Å². The van der Waals surface area contributed by atoms with Crippen LogP contribution in [0.25, 0.3) is 0 Å². The third-order valence-corrected chi connectivity index (χ3v) is 4.93. The highest BCUT2D eigenvalue weighted by atomic mass is 32.2. The minimum atomic E-state index is -6.09. The van der Waals surface area contributed by atoms with E-state index in [1.807, 2.05) is 0 Å². The summed E-state index contributed by atoms with van der Waals surface area (Å²) in [6.07, 6.45) is 7.46. The molecular formula is C9H15F3O3S2. The van der Waals surface area contributed by atoms with E-state index in [-0.39, 0.29) is 0 Å². The molecule has 0 saturated carbocycles. The van der Waals surface area contributed by atoms with Gasteiger partial charge in [0.2, 0.25) is 0 Å². The van der Waals surface area contributed by atoms with E-state index in [2.05, 4.69) is 19.1 Å². The number of alkyl halides is 3. The summed E-state index contributed by atoms with van der Waals surface area (Å²) in [6.45, 7) is 2.11. The second-order valence-electron chi connectivity index (χ2n) is 3.36. The van der Waals surface area contributed by atoms with Gasteiger partial charge in [-0.15, -0.1) is 0 Å². The lowest BCUT2D eigenvalue weighted by molar-refractivity contribution is -0.0517. The van der Waals surface area contributed by atoms with E-state index in [1.165, 1.54) is 30.1 Å². The van der Waals surface area contributed by atoms with Crippen LogP contribution in [0.3, 0.4) is 0 Å². The zero-order valence-electron chi connectivity index (χ0n) is 9.37. The minimum absolute atomic E-state index is 0.786. The predicted octanol–water partition coefficient (Wildman–Crippen LogP) is 2.03. The summed E-state index contributed by atoms with van der Waals surface area (Å²) in [7, 11) is -5.30. The fourth-order valence-corrected chi connectivity index (χ4v) is 3.34. The Labute approximate surface area is 102 Å². The van der Waals surface area contributed by atoms with Crippen molar-refractivity contribution in [2.24, 2.45) is 0 Å². The summed E-state index contributed by atoms with van der Waals surface area (Å²) in [5.74, 6) is 4.37. The fraction of sp³-hybridized carbons (Fsp3) is 0.778. The van der Waals surface area contributed by atoms with E-state index < -0.39 is 15.6 Å². The first kappa shape index (κ1) is 16.8. The van der Waals surface area contributed by atoms with Gasteiger partial charge in [0.15, 0.2) is 10.1 Å². The second-order valence-corrected chi connectivity index (χ2v) is 7.11. The Kier molecular flexibility index (Phi) is 7.18. The largest absolute Gasteiger partial charge is 0.741 e. The van der Waals surface area contributed by atoms with Crippen LogP contribution in [0.15, 0.2) is 12.2 Å². The molecule has 0 aliphatic carbocycles. The molecule has 0 atom stereocenters. The first-order valence-corrected chi connectivity index (χ1v) is 8.10. The highest BCUT2D eigenvalue weighted by Crippen LogP contribution is 2.20. The molecular weight excluding hydrogens is 277 g/mol. The summed E-state index contributed by atoms with van der Waals surface area (Å²) in [4.78, 5) is 0. The zero-order valence-corrected chi connectivity index (χ0v) is 11.0. The SMILES string of the molecule is CC=CC[S+]1CCCC1.O=S(=O)([O-])C(F)(F)F. The second kappa shape index (κ2) is 7.27. The Morgan fingerprint density at radius 3 is 2.00 bits per heavy atom. The van der Waals surface area contributed by atoms with Gasteiger partial charge in [-0.1, -0.05) is 6.08 Å². The van der Waals surface area contributed by atoms with E-state index in [9.17, 15) is 13.2 Å². The molecule has 8 heteroatoms. The third kappa shape index (κ3) is 7.67. The Hall–Kier alpha value is -0.210. The molecule has 1 aliphatic rings. The van der Waals surface area contributed by atoms with Gasteiger partial charge in [0, 0.05) is 0 Å². The van der Waals surface area contributed by atoms with Crippen molar-refractivity contribution in [1.29, 1.82) is 0 Å². The van der Waals surface area contributed by atoms with Crippen LogP contribution >= 0.6 is 0 Å². The van der Waals surface area contributed by atoms with E-state index in [4.69, 9.17) is 13.0 Å². The van der Waals surface area contributed by atoms with Crippen LogP contribution in [0, 0.1) is 0 Å². The van der Waals surface area contributed by atoms with Crippen molar-refractivity contribution in [3.8, 4) is 0 Å². The van der Waals surface area contributed by atoms with Gasteiger partial charge in [0.1, 0.15) is 17.3 Å². The topological polar surface area (TPSA) is 57.2 Å². The van der Waals surface area contributed by atoms with Crippen LogP contribution in [-0.2, 0) is 21.0 Å². The Morgan fingerprint density at radius 2 is 1.71 bits per heavy atom. The molecule has 0 aromatic carbocycles. The zero-order chi connectivity index (χ0) is 13.5. The summed E-state index contributed by atoms with van der Waals surface area (Å²) in [5, 5.41) is 0. The fourth-order valence-electron chi connectivity index (χ4n) is 1.11. The van der Waals surface area contributed by atoms with E-state index in [1.54, 1.807) is 0 Å². The number of rotatable bonds is 2. The van der Waals surface area contributed by atoms with Gasteiger partial charge in [-0.05, 0) is 36.7 Å². The number of halogens is 3. The smallest absolute Gasteiger partial charge is 0.485 e. The average molecular weight is 292 g/mol. The summed E-state index contributed by atoms with van der Waals surface area (Å²) in [5.41, 5.74) is -5.65.